The highest BCUT2D eigenvalue weighted by atomic mass is 35.5. The molecule has 0 aromatic carbocycles. The standard InChI is InChI=1S/C13H23ClN4O/c1-8(2)7-18(9(3)4)12-15-11(14)16-13(17-12)19-10(5)6/h8-10H,7H2,1-6H3. The van der Waals surface area contributed by atoms with Gasteiger partial charge in [0.25, 0.3) is 0 Å². The summed E-state index contributed by atoms with van der Waals surface area (Å²) >= 11 is 5.95. The molecule has 0 atom stereocenters. The Morgan fingerprint density at radius 2 is 1.68 bits per heavy atom. The Labute approximate surface area is 120 Å². The minimum Gasteiger partial charge on any atom is -0.461 e. The van der Waals surface area contributed by atoms with Crippen LogP contribution in [0.3, 0.4) is 0 Å². The van der Waals surface area contributed by atoms with Gasteiger partial charge in [0.2, 0.25) is 11.2 Å². The average molecular weight is 287 g/mol. The van der Waals surface area contributed by atoms with Crippen molar-refractivity contribution < 1.29 is 4.74 Å². The second kappa shape index (κ2) is 6.89. The van der Waals surface area contributed by atoms with Gasteiger partial charge in [0.1, 0.15) is 0 Å². The van der Waals surface area contributed by atoms with Gasteiger partial charge in [-0.15, -0.1) is 0 Å². The molecule has 0 aliphatic heterocycles. The van der Waals surface area contributed by atoms with Crippen molar-refractivity contribution in [3.8, 4) is 6.01 Å². The van der Waals surface area contributed by atoms with Gasteiger partial charge in [-0.1, -0.05) is 13.8 Å². The van der Waals surface area contributed by atoms with Crippen molar-refractivity contribution in [3.05, 3.63) is 5.28 Å². The Morgan fingerprint density at radius 1 is 1.05 bits per heavy atom. The minimum atomic E-state index is 0.00363. The molecule has 1 aromatic heterocycles. The van der Waals surface area contributed by atoms with Crippen LogP contribution in [0.25, 0.3) is 0 Å². The molecule has 0 saturated heterocycles. The van der Waals surface area contributed by atoms with Gasteiger partial charge in [0, 0.05) is 12.6 Å². The molecule has 0 aliphatic carbocycles. The summed E-state index contributed by atoms with van der Waals surface area (Å²) < 4.78 is 5.50. The molecule has 0 bridgehead atoms. The lowest BCUT2D eigenvalue weighted by molar-refractivity contribution is 0.221. The monoisotopic (exact) mass is 286 g/mol. The van der Waals surface area contributed by atoms with Crippen LogP contribution in [0.4, 0.5) is 5.95 Å². The molecule has 1 rings (SSSR count). The van der Waals surface area contributed by atoms with Crippen LogP contribution in [0, 0.1) is 5.92 Å². The van der Waals surface area contributed by atoms with Crippen molar-refractivity contribution >= 4 is 17.5 Å². The Bertz CT molecular complexity index is 410. The van der Waals surface area contributed by atoms with E-state index in [4.69, 9.17) is 16.3 Å². The molecule has 1 heterocycles. The fourth-order valence-electron chi connectivity index (χ4n) is 1.63. The van der Waals surface area contributed by atoms with Crippen LogP contribution < -0.4 is 9.64 Å². The first-order chi connectivity index (χ1) is 8.79. The topological polar surface area (TPSA) is 51.1 Å². The van der Waals surface area contributed by atoms with Crippen molar-refractivity contribution in [1.29, 1.82) is 0 Å². The third-order valence-electron chi connectivity index (χ3n) is 2.36. The first kappa shape index (κ1) is 16.0. The molecular formula is C13H23ClN4O. The van der Waals surface area contributed by atoms with Gasteiger partial charge in [-0.25, -0.2) is 0 Å². The van der Waals surface area contributed by atoms with Crippen LogP contribution in [-0.2, 0) is 0 Å². The summed E-state index contributed by atoms with van der Waals surface area (Å²) in [6.45, 7) is 13.2. The van der Waals surface area contributed by atoms with E-state index in [0.717, 1.165) is 6.54 Å². The van der Waals surface area contributed by atoms with Crippen LogP contribution in [0.15, 0.2) is 0 Å². The zero-order chi connectivity index (χ0) is 14.6. The van der Waals surface area contributed by atoms with E-state index in [9.17, 15) is 0 Å². The molecule has 5 nitrogen and oxygen atoms in total. The molecule has 0 N–H and O–H groups in total. The van der Waals surface area contributed by atoms with Gasteiger partial charge in [-0.05, 0) is 45.2 Å². The van der Waals surface area contributed by atoms with E-state index in [1.54, 1.807) is 0 Å². The summed E-state index contributed by atoms with van der Waals surface area (Å²) in [5.41, 5.74) is 0. The maximum Gasteiger partial charge on any atom is 0.322 e. The number of rotatable bonds is 6. The summed E-state index contributed by atoms with van der Waals surface area (Å²) in [5, 5.41) is 0.162. The van der Waals surface area contributed by atoms with Crippen LogP contribution >= 0.6 is 11.6 Å². The molecule has 6 heteroatoms. The normalized spacial score (nSPS) is 11.5. The number of anilines is 1. The maximum absolute atomic E-state index is 5.95. The van der Waals surface area contributed by atoms with Crippen molar-refractivity contribution in [2.45, 2.75) is 53.7 Å². The van der Waals surface area contributed by atoms with Gasteiger partial charge in [-0.2, -0.15) is 15.0 Å². The lowest BCUT2D eigenvalue weighted by atomic mass is 10.2. The summed E-state index contributed by atoms with van der Waals surface area (Å²) in [4.78, 5) is 14.6. The number of nitrogens with zero attached hydrogens (tertiary/aromatic N) is 4. The van der Waals surface area contributed by atoms with Crippen molar-refractivity contribution in [2.24, 2.45) is 5.92 Å². The predicted molar refractivity (Wildman–Crippen MR) is 77.9 cm³/mol. The first-order valence-corrected chi connectivity index (χ1v) is 7.02. The van der Waals surface area contributed by atoms with Crippen molar-refractivity contribution in [2.75, 3.05) is 11.4 Å². The molecule has 108 valence electrons. The van der Waals surface area contributed by atoms with Crippen molar-refractivity contribution in [1.82, 2.24) is 15.0 Å². The van der Waals surface area contributed by atoms with Crippen LogP contribution in [0.2, 0.25) is 5.28 Å². The highest BCUT2D eigenvalue weighted by Crippen LogP contribution is 2.19. The Kier molecular flexibility index (Phi) is 5.79. The number of hydrogen-bond donors (Lipinski definition) is 0. The third kappa shape index (κ3) is 5.19. The largest absolute Gasteiger partial charge is 0.461 e. The highest BCUT2D eigenvalue weighted by molar-refractivity contribution is 6.28. The summed E-state index contributed by atoms with van der Waals surface area (Å²) in [6.07, 6.45) is 0.00363. The fourth-order valence-corrected chi connectivity index (χ4v) is 1.78. The van der Waals surface area contributed by atoms with Gasteiger partial charge >= 0.3 is 6.01 Å². The van der Waals surface area contributed by atoms with E-state index < -0.39 is 0 Å². The number of halogens is 1. The number of ether oxygens (including phenoxy) is 1. The molecule has 0 saturated carbocycles. The maximum atomic E-state index is 5.95. The smallest absolute Gasteiger partial charge is 0.322 e. The van der Waals surface area contributed by atoms with E-state index in [1.807, 2.05) is 13.8 Å². The zero-order valence-corrected chi connectivity index (χ0v) is 13.3. The first-order valence-electron chi connectivity index (χ1n) is 6.64. The molecule has 0 amide bonds. The molecule has 0 radical (unpaired) electrons. The Hall–Kier alpha value is -1.10. The molecule has 0 unspecified atom stereocenters. The molecule has 1 aromatic rings. The highest BCUT2D eigenvalue weighted by Gasteiger charge is 2.18. The molecular weight excluding hydrogens is 264 g/mol. The molecule has 0 aliphatic rings. The predicted octanol–water partition coefficient (Wildman–Crippen LogP) is 3.18. The lowest BCUT2D eigenvalue weighted by Crippen LogP contribution is -2.35. The Balaban J connectivity index is 3.05. The van der Waals surface area contributed by atoms with E-state index in [0.29, 0.717) is 11.9 Å². The third-order valence-corrected chi connectivity index (χ3v) is 2.53. The number of aromatic nitrogens is 3. The van der Waals surface area contributed by atoms with Crippen LogP contribution in [-0.4, -0.2) is 33.6 Å². The summed E-state index contributed by atoms with van der Waals surface area (Å²) in [5.74, 6) is 1.08. The van der Waals surface area contributed by atoms with Crippen molar-refractivity contribution in [3.63, 3.8) is 0 Å². The lowest BCUT2D eigenvalue weighted by Gasteiger charge is -2.28. The summed E-state index contributed by atoms with van der Waals surface area (Å²) in [6, 6.07) is 0.562. The summed E-state index contributed by atoms with van der Waals surface area (Å²) in [7, 11) is 0. The van der Waals surface area contributed by atoms with Crippen LogP contribution in [0.5, 0.6) is 6.01 Å². The van der Waals surface area contributed by atoms with Gasteiger partial charge in [-0.3, -0.25) is 0 Å². The average Bonchev–Trinajstić information content (AvgIpc) is 2.23. The quantitative estimate of drug-likeness (QED) is 0.804. The number of hydrogen-bond acceptors (Lipinski definition) is 5. The minimum absolute atomic E-state index is 0.00363. The van der Waals surface area contributed by atoms with Gasteiger partial charge in [0.05, 0.1) is 6.10 Å². The fraction of sp³-hybridized carbons (Fsp3) is 0.769. The SMILES string of the molecule is CC(C)CN(c1nc(Cl)nc(OC(C)C)n1)C(C)C. The molecule has 19 heavy (non-hydrogen) atoms. The molecule has 0 spiro atoms. The van der Waals surface area contributed by atoms with Gasteiger partial charge < -0.3 is 9.64 Å². The van der Waals surface area contributed by atoms with E-state index in [1.165, 1.54) is 0 Å². The second-order valence-corrected chi connectivity index (χ2v) is 5.83. The van der Waals surface area contributed by atoms with Crippen LogP contribution in [0.1, 0.15) is 41.5 Å². The molecule has 0 fully saturated rings. The van der Waals surface area contributed by atoms with E-state index >= 15 is 0 Å². The second-order valence-electron chi connectivity index (χ2n) is 5.49. The Morgan fingerprint density at radius 3 is 2.16 bits per heavy atom. The van der Waals surface area contributed by atoms with Gasteiger partial charge in [0.15, 0.2) is 0 Å². The van der Waals surface area contributed by atoms with E-state index in [2.05, 4.69) is 47.5 Å². The zero-order valence-electron chi connectivity index (χ0n) is 12.5. The van der Waals surface area contributed by atoms with E-state index in [-0.39, 0.29) is 23.4 Å².